The van der Waals surface area contributed by atoms with Crippen molar-refractivity contribution >= 4 is 0 Å². The molecule has 2 saturated heterocycles. The van der Waals surface area contributed by atoms with Gasteiger partial charge in [-0.2, -0.15) is 0 Å². The van der Waals surface area contributed by atoms with Crippen LogP contribution in [0.4, 0.5) is 0 Å². The molecule has 1 N–H and O–H groups in total. The van der Waals surface area contributed by atoms with Gasteiger partial charge < -0.3 is 14.8 Å². The molecule has 0 unspecified atom stereocenters. The van der Waals surface area contributed by atoms with Crippen LogP contribution in [0, 0.1) is 5.41 Å². The maximum atomic E-state index is 5.57. The van der Waals surface area contributed by atoms with Gasteiger partial charge in [0.25, 0.3) is 0 Å². The molecule has 2 fully saturated rings. The van der Waals surface area contributed by atoms with E-state index in [9.17, 15) is 0 Å². The maximum absolute atomic E-state index is 5.57. The van der Waals surface area contributed by atoms with Crippen LogP contribution in [0.25, 0.3) is 0 Å². The third-order valence-corrected chi connectivity index (χ3v) is 4.21. The Morgan fingerprint density at radius 3 is 2.16 bits per heavy atom. The highest BCUT2D eigenvalue weighted by atomic mass is 16.5. The molecule has 0 radical (unpaired) electrons. The SMILES string of the molecule is CC(C)(C)NCC1(CN2CCOCC2)CCOCC1. The van der Waals surface area contributed by atoms with Crippen molar-refractivity contribution in [1.29, 1.82) is 0 Å². The minimum Gasteiger partial charge on any atom is -0.381 e. The van der Waals surface area contributed by atoms with Crippen molar-refractivity contribution < 1.29 is 9.47 Å². The van der Waals surface area contributed by atoms with E-state index >= 15 is 0 Å². The van der Waals surface area contributed by atoms with E-state index in [4.69, 9.17) is 9.47 Å². The van der Waals surface area contributed by atoms with E-state index in [-0.39, 0.29) is 5.54 Å². The first-order chi connectivity index (χ1) is 8.99. The second-order valence-electron chi connectivity index (χ2n) is 7.10. The number of hydrogen-bond acceptors (Lipinski definition) is 4. The molecule has 2 aliphatic heterocycles. The predicted octanol–water partition coefficient (Wildman–Crippen LogP) is 1.50. The molecule has 2 heterocycles. The largest absolute Gasteiger partial charge is 0.381 e. The molecule has 19 heavy (non-hydrogen) atoms. The molecule has 112 valence electrons. The highest BCUT2D eigenvalue weighted by Crippen LogP contribution is 2.31. The van der Waals surface area contributed by atoms with Gasteiger partial charge in [-0.3, -0.25) is 4.90 Å². The van der Waals surface area contributed by atoms with Crippen LogP contribution in [0.3, 0.4) is 0 Å². The molecule has 0 spiro atoms. The molecule has 4 heteroatoms. The molecule has 2 rings (SSSR count). The van der Waals surface area contributed by atoms with Gasteiger partial charge in [0.15, 0.2) is 0 Å². The number of nitrogens with zero attached hydrogens (tertiary/aromatic N) is 1. The molecular formula is C15H30N2O2. The summed E-state index contributed by atoms with van der Waals surface area (Å²) in [6.45, 7) is 14.8. The normalized spacial score (nSPS) is 25.4. The number of ether oxygens (including phenoxy) is 2. The lowest BCUT2D eigenvalue weighted by atomic mass is 9.79. The van der Waals surface area contributed by atoms with E-state index in [0.717, 1.165) is 46.1 Å². The van der Waals surface area contributed by atoms with Crippen molar-refractivity contribution in [2.45, 2.75) is 39.2 Å². The van der Waals surface area contributed by atoms with Gasteiger partial charge in [0.2, 0.25) is 0 Å². The van der Waals surface area contributed by atoms with Gasteiger partial charge in [-0.25, -0.2) is 0 Å². The third kappa shape index (κ3) is 5.03. The summed E-state index contributed by atoms with van der Waals surface area (Å²) in [5.41, 5.74) is 0.569. The second-order valence-corrected chi connectivity index (χ2v) is 7.10. The molecule has 0 saturated carbocycles. The molecule has 2 aliphatic rings. The van der Waals surface area contributed by atoms with Gasteiger partial charge in [-0.15, -0.1) is 0 Å². The minimum absolute atomic E-state index is 0.191. The standard InChI is InChI=1S/C15H30N2O2/c1-14(2,3)16-12-15(4-8-18-9-5-15)13-17-6-10-19-11-7-17/h16H,4-13H2,1-3H3. The Bertz CT molecular complexity index is 264. The van der Waals surface area contributed by atoms with Crippen LogP contribution in [0.15, 0.2) is 0 Å². The average molecular weight is 270 g/mol. The Morgan fingerprint density at radius 1 is 1.00 bits per heavy atom. The fourth-order valence-corrected chi connectivity index (χ4v) is 2.88. The molecule has 0 atom stereocenters. The van der Waals surface area contributed by atoms with Crippen LogP contribution < -0.4 is 5.32 Å². The Hall–Kier alpha value is -0.160. The summed E-state index contributed by atoms with van der Waals surface area (Å²) in [5, 5.41) is 3.71. The fraction of sp³-hybridized carbons (Fsp3) is 1.00. The molecule has 0 bridgehead atoms. The molecule has 0 aliphatic carbocycles. The van der Waals surface area contributed by atoms with Crippen molar-refractivity contribution in [3.8, 4) is 0 Å². The molecule has 0 amide bonds. The zero-order valence-electron chi connectivity index (χ0n) is 12.8. The van der Waals surface area contributed by atoms with Crippen LogP contribution in [0.2, 0.25) is 0 Å². The zero-order valence-corrected chi connectivity index (χ0v) is 12.8. The van der Waals surface area contributed by atoms with Crippen molar-refractivity contribution in [1.82, 2.24) is 10.2 Å². The number of hydrogen-bond donors (Lipinski definition) is 1. The Labute approximate surface area is 117 Å². The van der Waals surface area contributed by atoms with E-state index in [1.807, 2.05) is 0 Å². The van der Waals surface area contributed by atoms with Crippen molar-refractivity contribution in [3.05, 3.63) is 0 Å². The fourth-order valence-electron chi connectivity index (χ4n) is 2.88. The summed E-state index contributed by atoms with van der Waals surface area (Å²) < 4.78 is 11.0. The van der Waals surface area contributed by atoms with Gasteiger partial charge in [0.1, 0.15) is 0 Å². The van der Waals surface area contributed by atoms with E-state index in [2.05, 4.69) is 31.0 Å². The van der Waals surface area contributed by atoms with Crippen molar-refractivity contribution in [2.24, 2.45) is 5.41 Å². The average Bonchev–Trinajstić information content (AvgIpc) is 2.38. The summed E-state index contributed by atoms with van der Waals surface area (Å²) in [6, 6.07) is 0. The topological polar surface area (TPSA) is 33.7 Å². The third-order valence-electron chi connectivity index (χ3n) is 4.21. The maximum Gasteiger partial charge on any atom is 0.0594 e. The molecule has 0 aromatic carbocycles. The predicted molar refractivity (Wildman–Crippen MR) is 77.5 cm³/mol. The summed E-state index contributed by atoms with van der Waals surface area (Å²) in [7, 11) is 0. The second kappa shape index (κ2) is 6.53. The van der Waals surface area contributed by atoms with E-state index in [1.54, 1.807) is 0 Å². The first-order valence-corrected chi connectivity index (χ1v) is 7.62. The minimum atomic E-state index is 0.191. The highest BCUT2D eigenvalue weighted by molar-refractivity contribution is 4.89. The highest BCUT2D eigenvalue weighted by Gasteiger charge is 2.35. The van der Waals surface area contributed by atoms with E-state index in [0.29, 0.717) is 5.41 Å². The summed E-state index contributed by atoms with van der Waals surface area (Å²) >= 11 is 0. The number of nitrogens with one attached hydrogen (secondary N) is 1. The van der Waals surface area contributed by atoms with Crippen molar-refractivity contribution in [2.75, 3.05) is 52.6 Å². The quantitative estimate of drug-likeness (QED) is 0.839. The molecule has 0 aromatic heterocycles. The van der Waals surface area contributed by atoms with Gasteiger partial charge >= 0.3 is 0 Å². The first kappa shape index (κ1) is 15.2. The Morgan fingerprint density at radius 2 is 1.58 bits per heavy atom. The summed E-state index contributed by atoms with van der Waals surface area (Å²) in [4.78, 5) is 2.57. The molecular weight excluding hydrogens is 240 g/mol. The number of morpholine rings is 1. The Balaban J connectivity index is 1.93. The lowest BCUT2D eigenvalue weighted by Gasteiger charge is -2.43. The van der Waals surface area contributed by atoms with Crippen molar-refractivity contribution in [3.63, 3.8) is 0 Å². The van der Waals surface area contributed by atoms with Gasteiger partial charge in [-0.1, -0.05) is 0 Å². The van der Waals surface area contributed by atoms with Crippen LogP contribution in [0.1, 0.15) is 33.6 Å². The first-order valence-electron chi connectivity index (χ1n) is 7.62. The lowest BCUT2D eigenvalue weighted by Crippen LogP contribution is -2.52. The monoisotopic (exact) mass is 270 g/mol. The van der Waals surface area contributed by atoms with Gasteiger partial charge in [0, 0.05) is 44.9 Å². The van der Waals surface area contributed by atoms with Crippen LogP contribution >= 0.6 is 0 Å². The summed E-state index contributed by atoms with van der Waals surface area (Å²) in [5.74, 6) is 0. The van der Waals surface area contributed by atoms with E-state index in [1.165, 1.54) is 19.4 Å². The smallest absolute Gasteiger partial charge is 0.0594 e. The molecule has 4 nitrogen and oxygen atoms in total. The lowest BCUT2D eigenvalue weighted by molar-refractivity contribution is -0.0307. The molecule has 0 aromatic rings. The Kier molecular flexibility index (Phi) is 5.23. The zero-order chi connectivity index (χ0) is 13.8. The van der Waals surface area contributed by atoms with E-state index < -0.39 is 0 Å². The van der Waals surface area contributed by atoms with Crippen LogP contribution in [-0.4, -0.2) is 63.0 Å². The van der Waals surface area contributed by atoms with Crippen LogP contribution in [-0.2, 0) is 9.47 Å². The van der Waals surface area contributed by atoms with Gasteiger partial charge in [0.05, 0.1) is 13.2 Å². The number of rotatable bonds is 4. The summed E-state index contributed by atoms with van der Waals surface area (Å²) in [6.07, 6.45) is 2.35. The van der Waals surface area contributed by atoms with Crippen LogP contribution in [0.5, 0.6) is 0 Å². The van der Waals surface area contributed by atoms with Gasteiger partial charge in [-0.05, 0) is 39.0 Å².